The van der Waals surface area contributed by atoms with Crippen LogP contribution >= 0.6 is 0 Å². The molecule has 1 aliphatic carbocycles. The second kappa shape index (κ2) is 9.53. The van der Waals surface area contributed by atoms with Crippen LogP contribution in [0.1, 0.15) is 53.8 Å². The van der Waals surface area contributed by atoms with Crippen LogP contribution in [0.25, 0.3) is 21.9 Å². The number of nitrogens with zero attached hydrogens (tertiary/aromatic N) is 1. The minimum atomic E-state index is -0.0438. The Kier molecular flexibility index (Phi) is 6.56. The van der Waals surface area contributed by atoms with E-state index in [-0.39, 0.29) is 23.9 Å². The fourth-order valence-corrected chi connectivity index (χ4v) is 4.51. The van der Waals surface area contributed by atoms with Gasteiger partial charge < -0.3 is 16.0 Å². The number of hydrogen-bond donors (Lipinski definition) is 2. The molecule has 0 radical (unpaired) electrons. The van der Waals surface area contributed by atoms with Gasteiger partial charge in [-0.1, -0.05) is 30.3 Å². The second-order valence-corrected chi connectivity index (χ2v) is 8.58. The van der Waals surface area contributed by atoms with Crippen molar-refractivity contribution in [1.82, 2.24) is 10.2 Å². The SMILES string of the molecule is CCN(CC)C(=O)c1cccc(-c2ccc3cc(C(=O)N[C@@H]4CC[C@H](N)C4)ccc3c2)c1. The summed E-state index contributed by atoms with van der Waals surface area (Å²) >= 11 is 0. The van der Waals surface area contributed by atoms with Crippen molar-refractivity contribution in [3.05, 3.63) is 71.8 Å². The van der Waals surface area contributed by atoms with E-state index in [1.807, 2.05) is 73.3 Å². The van der Waals surface area contributed by atoms with Gasteiger partial charge in [0, 0.05) is 36.3 Å². The molecule has 1 aliphatic rings. The monoisotopic (exact) mass is 429 g/mol. The molecular weight excluding hydrogens is 398 g/mol. The molecule has 3 aromatic rings. The number of benzene rings is 3. The van der Waals surface area contributed by atoms with Gasteiger partial charge in [0.1, 0.15) is 0 Å². The smallest absolute Gasteiger partial charge is 0.253 e. The van der Waals surface area contributed by atoms with E-state index in [4.69, 9.17) is 5.73 Å². The third-order valence-electron chi connectivity index (χ3n) is 6.40. The van der Waals surface area contributed by atoms with Gasteiger partial charge in [-0.15, -0.1) is 0 Å². The lowest BCUT2D eigenvalue weighted by Gasteiger charge is -2.19. The van der Waals surface area contributed by atoms with Crippen LogP contribution in [0.3, 0.4) is 0 Å². The van der Waals surface area contributed by atoms with Crippen molar-refractivity contribution >= 4 is 22.6 Å². The normalized spacial score (nSPS) is 18.0. The summed E-state index contributed by atoms with van der Waals surface area (Å²) in [6.07, 6.45) is 2.76. The van der Waals surface area contributed by atoms with Crippen molar-refractivity contribution in [2.75, 3.05) is 13.1 Å². The molecule has 5 heteroatoms. The quantitative estimate of drug-likeness (QED) is 0.601. The van der Waals surface area contributed by atoms with Gasteiger partial charge in [0.05, 0.1) is 0 Å². The summed E-state index contributed by atoms with van der Waals surface area (Å²) in [5.74, 6) is 0.00852. The summed E-state index contributed by atoms with van der Waals surface area (Å²) < 4.78 is 0. The van der Waals surface area contributed by atoms with Crippen LogP contribution in [0.2, 0.25) is 0 Å². The first kappa shape index (κ1) is 22.0. The molecule has 4 rings (SSSR count). The lowest BCUT2D eigenvalue weighted by atomic mass is 9.98. The summed E-state index contributed by atoms with van der Waals surface area (Å²) in [7, 11) is 0. The molecule has 166 valence electrons. The first-order valence-corrected chi connectivity index (χ1v) is 11.5. The Morgan fingerprint density at radius 1 is 0.906 bits per heavy atom. The summed E-state index contributed by atoms with van der Waals surface area (Å²) in [5.41, 5.74) is 9.37. The third-order valence-corrected chi connectivity index (χ3v) is 6.40. The molecule has 0 heterocycles. The Morgan fingerprint density at radius 3 is 2.34 bits per heavy atom. The van der Waals surface area contributed by atoms with Gasteiger partial charge >= 0.3 is 0 Å². The third kappa shape index (κ3) is 4.68. The Balaban J connectivity index is 1.55. The lowest BCUT2D eigenvalue weighted by Crippen LogP contribution is -2.34. The molecule has 2 amide bonds. The van der Waals surface area contributed by atoms with Gasteiger partial charge in [0.25, 0.3) is 11.8 Å². The van der Waals surface area contributed by atoms with E-state index < -0.39 is 0 Å². The molecule has 1 fully saturated rings. The second-order valence-electron chi connectivity index (χ2n) is 8.58. The van der Waals surface area contributed by atoms with Crippen molar-refractivity contribution in [2.45, 2.75) is 45.2 Å². The predicted octanol–water partition coefficient (Wildman–Crippen LogP) is 4.60. The summed E-state index contributed by atoms with van der Waals surface area (Å²) in [4.78, 5) is 27.2. The highest BCUT2D eigenvalue weighted by molar-refractivity contribution is 6.00. The van der Waals surface area contributed by atoms with Crippen molar-refractivity contribution in [2.24, 2.45) is 5.73 Å². The molecule has 0 spiro atoms. The number of carbonyl (C=O) groups excluding carboxylic acids is 2. The number of carbonyl (C=O) groups is 2. The predicted molar refractivity (Wildman–Crippen MR) is 130 cm³/mol. The minimum Gasteiger partial charge on any atom is -0.349 e. The molecule has 2 atom stereocenters. The molecule has 1 saturated carbocycles. The van der Waals surface area contributed by atoms with E-state index >= 15 is 0 Å². The van der Waals surface area contributed by atoms with E-state index in [1.165, 1.54) is 0 Å². The molecular formula is C27H31N3O2. The lowest BCUT2D eigenvalue weighted by molar-refractivity contribution is 0.0772. The average molecular weight is 430 g/mol. The summed E-state index contributed by atoms with van der Waals surface area (Å²) in [6, 6.07) is 20.1. The molecule has 0 saturated heterocycles. The van der Waals surface area contributed by atoms with Crippen LogP contribution in [0.4, 0.5) is 0 Å². The first-order chi connectivity index (χ1) is 15.5. The van der Waals surface area contributed by atoms with Gasteiger partial charge in [-0.05, 0) is 85.3 Å². The number of amides is 2. The minimum absolute atomic E-state index is 0.0438. The van der Waals surface area contributed by atoms with Crippen LogP contribution < -0.4 is 11.1 Å². The number of hydrogen-bond acceptors (Lipinski definition) is 3. The van der Waals surface area contributed by atoms with Crippen molar-refractivity contribution in [1.29, 1.82) is 0 Å². The zero-order valence-electron chi connectivity index (χ0n) is 18.8. The van der Waals surface area contributed by atoms with Gasteiger partial charge in [-0.3, -0.25) is 9.59 Å². The van der Waals surface area contributed by atoms with E-state index in [9.17, 15) is 9.59 Å². The van der Waals surface area contributed by atoms with Crippen LogP contribution in [-0.4, -0.2) is 41.9 Å². The molecule has 0 bridgehead atoms. The van der Waals surface area contributed by atoms with E-state index in [2.05, 4.69) is 11.4 Å². The molecule has 3 aromatic carbocycles. The highest BCUT2D eigenvalue weighted by Gasteiger charge is 2.23. The van der Waals surface area contributed by atoms with Gasteiger partial charge in [0.15, 0.2) is 0 Å². The maximum absolute atomic E-state index is 12.7. The maximum Gasteiger partial charge on any atom is 0.253 e. The van der Waals surface area contributed by atoms with Crippen molar-refractivity contribution in [3.8, 4) is 11.1 Å². The van der Waals surface area contributed by atoms with Crippen LogP contribution in [-0.2, 0) is 0 Å². The Morgan fingerprint density at radius 2 is 1.62 bits per heavy atom. The summed E-state index contributed by atoms with van der Waals surface area (Å²) in [6.45, 7) is 5.37. The highest BCUT2D eigenvalue weighted by Crippen LogP contribution is 2.27. The number of nitrogens with one attached hydrogen (secondary N) is 1. The van der Waals surface area contributed by atoms with Crippen LogP contribution in [0.15, 0.2) is 60.7 Å². The largest absolute Gasteiger partial charge is 0.349 e. The molecule has 3 N–H and O–H groups in total. The summed E-state index contributed by atoms with van der Waals surface area (Å²) in [5, 5.41) is 5.18. The van der Waals surface area contributed by atoms with Crippen molar-refractivity contribution in [3.63, 3.8) is 0 Å². The molecule has 32 heavy (non-hydrogen) atoms. The zero-order chi connectivity index (χ0) is 22.7. The van der Waals surface area contributed by atoms with Crippen LogP contribution in [0, 0.1) is 0 Å². The maximum atomic E-state index is 12.7. The standard InChI is InChI=1S/C27H31N3O2/c1-3-30(4-2)27(32)23-7-5-6-18(16-23)19-8-9-21-15-22(11-10-20(21)14-19)26(31)29-25-13-12-24(28)17-25/h5-11,14-16,24-25H,3-4,12-13,17,28H2,1-2H3,(H,29,31)/t24-,25+/m0/s1. The van der Waals surface area contributed by atoms with E-state index in [1.54, 1.807) is 0 Å². The topological polar surface area (TPSA) is 75.4 Å². The fourth-order valence-electron chi connectivity index (χ4n) is 4.51. The molecule has 0 aromatic heterocycles. The van der Waals surface area contributed by atoms with Gasteiger partial charge in [0.2, 0.25) is 0 Å². The fraction of sp³-hybridized carbons (Fsp3) is 0.333. The zero-order valence-corrected chi connectivity index (χ0v) is 18.8. The number of nitrogens with two attached hydrogens (primary N) is 1. The molecule has 5 nitrogen and oxygen atoms in total. The molecule has 0 aliphatic heterocycles. The van der Waals surface area contributed by atoms with Gasteiger partial charge in [-0.25, -0.2) is 0 Å². The Labute approximate surface area is 189 Å². The van der Waals surface area contributed by atoms with Crippen LogP contribution in [0.5, 0.6) is 0 Å². The Bertz CT molecular complexity index is 1140. The van der Waals surface area contributed by atoms with E-state index in [0.717, 1.165) is 41.2 Å². The first-order valence-electron chi connectivity index (χ1n) is 11.5. The van der Waals surface area contributed by atoms with Gasteiger partial charge in [-0.2, -0.15) is 0 Å². The Hall–Kier alpha value is -3.18. The highest BCUT2D eigenvalue weighted by atomic mass is 16.2. The number of rotatable bonds is 6. The average Bonchev–Trinajstić information content (AvgIpc) is 3.23. The molecule has 0 unspecified atom stereocenters. The van der Waals surface area contributed by atoms with Crippen molar-refractivity contribution < 1.29 is 9.59 Å². The number of fused-ring (bicyclic) bond motifs is 1. The van der Waals surface area contributed by atoms with E-state index in [0.29, 0.717) is 24.2 Å².